The Morgan fingerprint density at radius 1 is 1.46 bits per heavy atom. The van der Waals surface area contributed by atoms with Crippen LogP contribution in [-0.2, 0) is 0 Å². The van der Waals surface area contributed by atoms with Crippen LogP contribution in [0.25, 0.3) is 5.82 Å². The number of hydrogen-bond donors (Lipinski definition) is 0. The Labute approximate surface area is 84.5 Å². The molecule has 0 spiro atoms. The van der Waals surface area contributed by atoms with Crippen molar-refractivity contribution in [1.29, 1.82) is 0 Å². The SMILES string of the molecule is Cc1cccnc1-n1cc(Br)cn1. The molecule has 0 unspecified atom stereocenters. The first-order valence-corrected chi connectivity index (χ1v) is 4.69. The van der Waals surface area contributed by atoms with Gasteiger partial charge in [0.1, 0.15) is 0 Å². The summed E-state index contributed by atoms with van der Waals surface area (Å²) in [4.78, 5) is 4.24. The summed E-state index contributed by atoms with van der Waals surface area (Å²) in [6.45, 7) is 2.01. The van der Waals surface area contributed by atoms with Gasteiger partial charge < -0.3 is 0 Å². The van der Waals surface area contributed by atoms with E-state index < -0.39 is 0 Å². The lowest BCUT2D eigenvalue weighted by Crippen LogP contribution is -1.99. The predicted molar refractivity (Wildman–Crippen MR) is 53.8 cm³/mol. The number of halogens is 1. The van der Waals surface area contributed by atoms with Gasteiger partial charge in [-0.1, -0.05) is 6.07 Å². The van der Waals surface area contributed by atoms with Crippen LogP contribution in [-0.4, -0.2) is 14.8 Å². The van der Waals surface area contributed by atoms with Gasteiger partial charge >= 0.3 is 0 Å². The Balaban J connectivity index is 2.52. The highest BCUT2D eigenvalue weighted by atomic mass is 79.9. The molecule has 0 saturated heterocycles. The van der Waals surface area contributed by atoms with Gasteiger partial charge in [-0.05, 0) is 34.5 Å². The topological polar surface area (TPSA) is 30.7 Å². The van der Waals surface area contributed by atoms with E-state index in [1.807, 2.05) is 25.3 Å². The highest BCUT2D eigenvalue weighted by Gasteiger charge is 2.02. The molecule has 0 aliphatic heterocycles. The average molecular weight is 238 g/mol. The van der Waals surface area contributed by atoms with Crippen LogP contribution in [0.2, 0.25) is 0 Å². The Bertz CT molecular complexity index is 422. The molecule has 2 rings (SSSR count). The first-order chi connectivity index (χ1) is 6.27. The Kier molecular flexibility index (Phi) is 2.14. The molecule has 66 valence electrons. The van der Waals surface area contributed by atoms with Crippen molar-refractivity contribution in [2.24, 2.45) is 0 Å². The normalized spacial score (nSPS) is 10.3. The second-order valence-corrected chi connectivity index (χ2v) is 3.66. The van der Waals surface area contributed by atoms with Gasteiger partial charge in [0.25, 0.3) is 0 Å². The van der Waals surface area contributed by atoms with Crippen molar-refractivity contribution in [3.05, 3.63) is 40.8 Å². The number of pyridine rings is 1. The molecular weight excluding hydrogens is 230 g/mol. The maximum Gasteiger partial charge on any atom is 0.156 e. The van der Waals surface area contributed by atoms with E-state index in [0.717, 1.165) is 15.9 Å². The van der Waals surface area contributed by atoms with Gasteiger partial charge in [-0.2, -0.15) is 5.10 Å². The van der Waals surface area contributed by atoms with Crippen molar-refractivity contribution in [2.75, 3.05) is 0 Å². The quantitative estimate of drug-likeness (QED) is 0.763. The minimum absolute atomic E-state index is 0.869. The number of aryl methyl sites for hydroxylation is 1. The molecule has 0 aliphatic rings. The van der Waals surface area contributed by atoms with E-state index in [1.54, 1.807) is 17.1 Å². The lowest BCUT2D eigenvalue weighted by atomic mass is 10.3. The fourth-order valence-corrected chi connectivity index (χ4v) is 1.42. The molecule has 0 amide bonds. The van der Waals surface area contributed by atoms with E-state index in [-0.39, 0.29) is 0 Å². The molecule has 0 fully saturated rings. The molecule has 0 radical (unpaired) electrons. The molecule has 0 saturated carbocycles. The maximum atomic E-state index is 4.24. The summed E-state index contributed by atoms with van der Waals surface area (Å²) in [7, 11) is 0. The first-order valence-electron chi connectivity index (χ1n) is 3.89. The fraction of sp³-hybridized carbons (Fsp3) is 0.111. The molecule has 0 atom stereocenters. The summed E-state index contributed by atoms with van der Waals surface area (Å²) >= 11 is 3.34. The van der Waals surface area contributed by atoms with Crippen LogP contribution in [0.3, 0.4) is 0 Å². The van der Waals surface area contributed by atoms with Crippen LogP contribution in [0.15, 0.2) is 35.2 Å². The molecule has 3 nitrogen and oxygen atoms in total. The Morgan fingerprint density at radius 2 is 2.31 bits per heavy atom. The van der Waals surface area contributed by atoms with Gasteiger partial charge in [-0.15, -0.1) is 0 Å². The minimum atomic E-state index is 0.869. The zero-order valence-electron chi connectivity index (χ0n) is 7.11. The van der Waals surface area contributed by atoms with Crippen LogP contribution in [0.4, 0.5) is 0 Å². The summed E-state index contributed by atoms with van der Waals surface area (Å²) < 4.78 is 2.71. The van der Waals surface area contributed by atoms with E-state index >= 15 is 0 Å². The largest absolute Gasteiger partial charge is 0.237 e. The second-order valence-electron chi connectivity index (χ2n) is 2.75. The third-order valence-corrected chi connectivity index (χ3v) is 2.16. The highest BCUT2D eigenvalue weighted by Crippen LogP contribution is 2.12. The molecule has 2 aromatic rings. The van der Waals surface area contributed by atoms with Crippen molar-refractivity contribution < 1.29 is 0 Å². The minimum Gasteiger partial charge on any atom is -0.237 e. The van der Waals surface area contributed by atoms with Crippen molar-refractivity contribution in [3.63, 3.8) is 0 Å². The highest BCUT2D eigenvalue weighted by molar-refractivity contribution is 9.10. The van der Waals surface area contributed by atoms with Crippen molar-refractivity contribution in [2.45, 2.75) is 6.92 Å². The number of hydrogen-bond acceptors (Lipinski definition) is 2. The standard InChI is InChI=1S/C9H8BrN3/c1-7-3-2-4-11-9(7)13-6-8(10)5-12-13/h2-6H,1H3. The summed E-state index contributed by atoms with van der Waals surface area (Å²) in [5, 5.41) is 4.15. The van der Waals surface area contributed by atoms with Crippen LogP contribution in [0.5, 0.6) is 0 Å². The first kappa shape index (κ1) is 8.44. The van der Waals surface area contributed by atoms with Gasteiger partial charge in [-0.25, -0.2) is 9.67 Å². The molecule has 0 N–H and O–H groups in total. The number of rotatable bonds is 1. The monoisotopic (exact) mass is 237 g/mol. The molecule has 2 aromatic heterocycles. The third kappa shape index (κ3) is 1.62. The lowest BCUT2D eigenvalue weighted by Gasteiger charge is -2.02. The molecule has 13 heavy (non-hydrogen) atoms. The molecule has 0 aromatic carbocycles. The van der Waals surface area contributed by atoms with Gasteiger partial charge in [0, 0.05) is 12.4 Å². The van der Waals surface area contributed by atoms with Crippen LogP contribution >= 0.6 is 15.9 Å². The van der Waals surface area contributed by atoms with Crippen LogP contribution in [0.1, 0.15) is 5.56 Å². The van der Waals surface area contributed by atoms with Crippen LogP contribution in [0, 0.1) is 6.92 Å². The third-order valence-electron chi connectivity index (χ3n) is 1.75. The van der Waals surface area contributed by atoms with E-state index in [2.05, 4.69) is 26.0 Å². The molecule has 2 heterocycles. The van der Waals surface area contributed by atoms with Gasteiger partial charge in [0.2, 0.25) is 0 Å². The van der Waals surface area contributed by atoms with E-state index in [0.29, 0.717) is 0 Å². The Morgan fingerprint density at radius 3 is 2.92 bits per heavy atom. The second kappa shape index (κ2) is 3.30. The van der Waals surface area contributed by atoms with Gasteiger partial charge in [0.05, 0.1) is 10.7 Å². The smallest absolute Gasteiger partial charge is 0.156 e. The average Bonchev–Trinajstić information content (AvgIpc) is 2.53. The van der Waals surface area contributed by atoms with Crippen molar-refractivity contribution >= 4 is 15.9 Å². The number of aromatic nitrogens is 3. The van der Waals surface area contributed by atoms with Gasteiger partial charge in [-0.3, -0.25) is 0 Å². The van der Waals surface area contributed by atoms with Gasteiger partial charge in [0.15, 0.2) is 5.82 Å². The van der Waals surface area contributed by atoms with Crippen molar-refractivity contribution in [3.8, 4) is 5.82 Å². The number of nitrogens with zero attached hydrogens (tertiary/aromatic N) is 3. The van der Waals surface area contributed by atoms with Crippen molar-refractivity contribution in [1.82, 2.24) is 14.8 Å². The van der Waals surface area contributed by atoms with Crippen LogP contribution < -0.4 is 0 Å². The lowest BCUT2D eigenvalue weighted by molar-refractivity contribution is 0.838. The van der Waals surface area contributed by atoms with E-state index in [4.69, 9.17) is 0 Å². The zero-order chi connectivity index (χ0) is 9.26. The molecular formula is C9H8BrN3. The van der Waals surface area contributed by atoms with E-state index in [9.17, 15) is 0 Å². The maximum absolute atomic E-state index is 4.24. The summed E-state index contributed by atoms with van der Waals surface area (Å²) in [5.74, 6) is 0.869. The fourth-order valence-electron chi connectivity index (χ4n) is 1.13. The molecule has 0 aliphatic carbocycles. The molecule has 4 heteroatoms. The zero-order valence-corrected chi connectivity index (χ0v) is 8.69. The summed E-state index contributed by atoms with van der Waals surface area (Å²) in [6.07, 6.45) is 5.39. The summed E-state index contributed by atoms with van der Waals surface area (Å²) in [5.41, 5.74) is 1.11. The van der Waals surface area contributed by atoms with E-state index in [1.165, 1.54) is 0 Å². The summed E-state index contributed by atoms with van der Waals surface area (Å²) in [6, 6.07) is 3.93. The predicted octanol–water partition coefficient (Wildman–Crippen LogP) is 2.34. The Hall–Kier alpha value is -1.16. The molecule has 0 bridgehead atoms.